The van der Waals surface area contributed by atoms with Gasteiger partial charge in [0.15, 0.2) is 0 Å². The first kappa shape index (κ1) is 14.5. The first-order valence-electron chi connectivity index (χ1n) is 5.79. The second-order valence-corrected chi connectivity index (χ2v) is 5.76. The quantitative estimate of drug-likeness (QED) is 0.642. The minimum absolute atomic E-state index is 0.0258. The van der Waals surface area contributed by atoms with E-state index in [1.165, 1.54) is 30.2 Å². The van der Waals surface area contributed by atoms with Gasteiger partial charge in [0, 0.05) is 13.0 Å². The van der Waals surface area contributed by atoms with Crippen molar-refractivity contribution in [2.75, 3.05) is 18.6 Å². The third-order valence-corrected chi connectivity index (χ3v) is 3.99. The molecule has 7 nitrogen and oxygen atoms in total. The van der Waals surface area contributed by atoms with Crippen LogP contribution in [0.3, 0.4) is 0 Å². The van der Waals surface area contributed by atoms with E-state index in [4.69, 9.17) is 0 Å². The highest BCUT2D eigenvalue weighted by Crippen LogP contribution is 2.30. The van der Waals surface area contributed by atoms with Crippen LogP contribution in [0.5, 0.6) is 0 Å². The number of ether oxygens (including phenoxy) is 1. The molecule has 0 saturated carbocycles. The molecule has 20 heavy (non-hydrogen) atoms. The molecule has 1 heterocycles. The van der Waals surface area contributed by atoms with Crippen molar-refractivity contribution < 1.29 is 27.3 Å². The zero-order valence-electron chi connectivity index (χ0n) is 10.6. The van der Waals surface area contributed by atoms with Crippen LogP contribution in [0.2, 0.25) is 0 Å². The number of methoxy groups -OCH3 is 1. The van der Waals surface area contributed by atoms with E-state index in [1.807, 2.05) is 0 Å². The molecule has 1 fully saturated rings. The topological polar surface area (TPSA) is 101 Å². The number of amides is 1. The number of para-hydroxylation sites is 1. The number of anilines is 1. The lowest BCUT2D eigenvalue weighted by Gasteiger charge is -2.18. The summed E-state index contributed by atoms with van der Waals surface area (Å²) in [5.41, 5.74) is 0.0615. The Labute approximate surface area is 115 Å². The molecule has 1 aromatic carbocycles. The molecule has 1 N–H and O–H groups in total. The van der Waals surface area contributed by atoms with Crippen molar-refractivity contribution in [3.8, 4) is 0 Å². The van der Waals surface area contributed by atoms with Crippen LogP contribution in [-0.4, -0.2) is 38.5 Å². The standard InChI is InChI=1S/C12H13NO6S/c1-19-12(15)8-6-11(14)13(7-8)9-4-2-3-5-10(9)20(16,17)18/h2-5,8H,6-7H2,1H3,(H,16,17,18). The van der Waals surface area contributed by atoms with Gasteiger partial charge in [-0.3, -0.25) is 14.1 Å². The molecule has 2 rings (SSSR count). The fourth-order valence-corrected chi connectivity index (χ4v) is 2.86. The Morgan fingerprint density at radius 2 is 2.05 bits per heavy atom. The van der Waals surface area contributed by atoms with Crippen molar-refractivity contribution in [3.05, 3.63) is 24.3 Å². The largest absolute Gasteiger partial charge is 0.469 e. The highest BCUT2D eigenvalue weighted by molar-refractivity contribution is 7.86. The van der Waals surface area contributed by atoms with Crippen LogP contribution in [0.4, 0.5) is 5.69 Å². The second kappa shape index (κ2) is 5.22. The summed E-state index contributed by atoms with van der Waals surface area (Å²) >= 11 is 0. The minimum Gasteiger partial charge on any atom is -0.469 e. The van der Waals surface area contributed by atoms with E-state index in [0.29, 0.717) is 0 Å². The first-order valence-corrected chi connectivity index (χ1v) is 7.23. The van der Waals surface area contributed by atoms with Gasteiger partial charge in [0.05, 0.1) is 18.7 Å². The Morgan fingerprint density at radius 3 is 2.65 bits per heavy atom. The number of carbonyl (C=O) groups excluding carboxylic acids is 2. The predicted octanol–water partition coefficient (Wildman–Crippen LogP) is 0.459. The summed E-state index contributed by atoms with van der Waals surface area (Å²) in [6.45, 7) is 0.0258. The highest BCUT2D eigenvalue weighted by atomic mass is 32.2. The molecule has 1 amide bonds. The van der Waals surface area contributed by atoms with Gasteiger partial charge in [-0.15, -0.1) is 0 Å². The van der Waals surface area contributed by atoms with Gasteiger partial charge >= 0.3 is 5.97 Å². The molecule has 108 valence electrons. The van der Waals surface area contributed by atoms with Crippen molar-refractivity contribution >= 4 is 27.7 Å². The SMILES string of the molecule is COC(=O)C1CC(=O)N(c2ccccc2S(=O)(=O)O)C1. The molecule has 1 aromatic rings. The van der Waals surface area contributed by atoms with E-state index >= 15 is 0 Å². The van der Waals surface area contributed by atoms with Crippen LogP contribution < -0.4 is 4.90 Å². The van der Waals surface area contributed by atoms with Gasteiger partial charge in [0.25, 0.3) is 10.1 Å². The van der Waals surface area contributed by atoms with Crippen molar-refractivity contribution in [3.63, 3.8) is 0 Å². The normalized spacial score (nSPS) is 19.2. The summed E-state index contributed by atoms with van der Waals surface area (Å²) in [4.78, 5) is 24.2. The van der Waals surface area contributed by atoms with Crippen molar-refractivity contribution in [2.24, 2.45) is 5.92 Å². The third-order valence-electron chi connectivity index (χ3n) is 3.09. The molecule has 0 radical (unpaired) electrons. The fraction of sp³-hybridized carbons (Fsp3) is 0.333. The smallest absolute Gasteiger partial charge is 0.311 e. The van der Waals surface area contributed by atoms with Gasteiger partial charge in [0.1, 0.15) is 4.90 Å². The van der Waals surface area contributed by atoms with Gasteiger partial charge < -0.3 is 9.64 Å². The maximum Gasteiger partial charge on any atom is 0.311 e. The van der Waals surface area contributed by atoms with E-state index in [-0.39, 0.29) is 23.5 Å². The van der Waals surface area contributed by atoms with Gasteiger partial charge in [0.2, 0.25) is 5.91 Å². The molecule has 1 aliphatic rings. The molecule has 1 aliphatic heterocycles. The van der Waals surface area contributed by atoms with Crippen LogP contribution in [-0.2, 0) is 24.4 Å². The average Bonchev–Trinajstić information content (AvgIpc) is 2.79. The number of hydrogen-bond acceptors (Lipinski definition) is 5. The number of rotatable bonds is 3. The Morgan fingerprint density at radius 1 is 1.40 bits per heavy atom. The van der Waals surface area contributed by atoms with Crippen molar-refractivity contribution in [1.29, 1.82) is 0 Å². The van der Waals surface area contributed by atoms with E-state index in [9.17, 15) is 22.6 Å². The van der Waals surface area contributed by atoms with Gasteiger partial charge in [-0.05, 0) is 12.1 Å². The molecule has 1 unspecified atom stereocenters. The predicted molar refractivity (Wildman–Crippen MR) is 68.7 cm³/mol. The summed E-state index contributed by atoms with van der Waals surface area (Å²) < 4.78 is 36.4. The van der Waals surface area contributed by atoms with E-state index < -0.39 is 27.9 Å². The zero-order valence-corrected chi connectivity index (χ0v) is 11.5. The number of esters is 1. The summed E-state index contributed by atoms with van der Waals surface area (Å²) in [5, 5.41) is 0. The summed E-state index contributed by atoms with van der Waals surface area (Å²) in [6.07, 6.45) is -0.0491. The summed E-state index contributed by atoms with van der Waals surface area (Å²) in [5.74, 6) is -1.55. The van der Waals surface area contributed by atoms with Crippen LogP contribution in [0.15, 0.2) is 29.2 Å². The Bertz CT molecular complexity index is 654. The highest BCUT2D eigenvalue weighted by Gasteiger charge is 2.37. The second-order valence-electron chi connectivity index (χ2n) is 4.37. The third kappa shape index (κ3) is 2.66. The molecule has 1 saturated heterocycles. The van der Waals surface area contributed by atoms with Crippen LogP contribution in [0.1, 0.15) is 6.42 Å². The molecular formula is C12H13NO6S. The maximum atomic E-state index is 11.9. The van der Waals surface area contributed by atoms with E-state index in [0.717, 1.165) is 0 Å². The Kier molecular flexibility index (Phi) is 3.78. The Balaban J connectivity index is 2.39. The number of nitrogens with zero attached hydrogens (tertiary/aromatic N) is 1. The van der Waals surface area contributed by atoms with Crippen molar-refractivity contribution in [2.45, 2.75) is 11.3 Å². The number of hydrogen-bond donors (Lipinski definition) is 1. The molecule has 0 spiro atoms. The number of carbonyl (C=O) groups is 2. The van der Waals surface area contributed by atoms with Gasteiger partial charge in [-0.25, -0.2) is 0 Å². The molecule has 0 aromatic heterocycles. The zero-order chi connectivity index (χ0) is 14.9. The van der Waals surface area contributed by atoms with Gasteiger partial charge in [-0.1, -0.05) is 12.1 Å². The maximum absolute atomic E-state index is 11.9. The average molecular weight is 299 g/mol. The van der Waals surface area contributed by atoms with E-state index in [1.54, 1.807) is 6.07 Å². The summed E-state index contributed by atoms with van der Waals surface area (Å²) in [7, 11) is -3.22. The molecular weight excluding hydrogens is 286 g/mol. The lowest BCUT2D eigenvalue weighted by Crippen LogP contribution is -2.27. The Hall–Kier alpha value is -1.93. The number of benzene rings is 1. The first-order chi connectivity index (χ1) is 9.34. The molecule has 0 aliphatic carbocycles. The molecule has 1 atom stereocenters. The lowest BCUT2D eigenvalue weighted by atomic mass is 10.1. The molecule has 8 heteroatoms. The van der Waals surface area contributed by atoms with Gasteiger partial charge in [-0.2, -0.15) is 8.42 Å². The fourth-order valence-electron chi connectivity index (χ4n) is 2.16. The van der Waals surface area contributed by atoms with Crippen LogP contribution in [0, 0.1) is 5.92 Å². The van der Waals surface area contributed by atoms with Crippen LogP contribution >= 0.6 is 0 Å². The molecule has 0 bridgehead atoms. The summed E-state index contributed by atoms with van der Waals surface area (Å²) in [6, 6.07) is 5.58. The van der Waals surface area contributed by atoms with Crippen LogP contribution in [0.25, 0.3) is 0 Å². The van der Waals surface area contributed by atoms with Crippen molar-refractivity contribution in [1.82, 2.24) is 0 Å². The lowest BCUT2D eigenvalue weighted by molar-refractivity contribution is -0.145. The van der Waals surface area contributed by atoms with E-state index in [2.05, 4.69) is 4.74 Å². The minimum atomic E-state index is -4.45. The monoisotopic (exact) mass is 299 g/mol.